The van der Waals surface area contributed by atoms with Crippen molar-refractivity contribution in [2.24, 2.45) is 0 Å². The van der Waals surface area contributed by atoms with Crippen molar-refractivity contribution in [2.75, 3.05) is 26.4 Å². The van der Waals surface area contributed by atoms with Gasteiger partial charge in [0.15, 0.2) is 0 Å². The van der Waals surface area contributed by atoms with Gasteiger partial charge >= 0.3 is 0 Å². The van der Waals surface area contributed by atoms with Crippen molar-refractivity contribution < 1.29 is 18.7 Å². The van der Waals surface area contributed by atoms with Gasteiger partial charge in [0.2, 0.25) is 5.91 Å². The standard InChI is InChI=1S/C16H25NO4/c1-4-13-5-6-15(21-13)14-11-19-10-8-17(14)16(18)7-9-20-12(2)3/h5-6,12,14H,4,7-11H2,1-3H3/t14-/m1/s1. The number of morpholine rings is 1. The molecule has 1 amide bonds. The van der Waals surface area contributed by atoms with Crippen LogP contribution in [0.2, 0.25) is 0 Å². The van der Waals surface area contributed by atoms with Gasteiger partial charge in [-0.25, -0.2) is 0 Å². The molecule has 118 valence electrons. The van der Waals surface area contributed by atoms with Crippen LogP contribution in [0.1, 0.15) is 44.8 Å². The van der Waals surface area contributed by atoms with E-state index in [4.69, 9.17) is 13.9 Å². The summed E-state index contributed by atoms with van der Waals surface area (Å²) in [5.74, 6) is 1.84. The molecule has 1 aliphatic rings. The van der Waals surface area contributed by atoms with E-state index in [1.54, 1.807) is 0 Å². The van der Waals surface area contributed by atoms with E-state index in [9.17, 15) is 4.79 Å². The highest BCUT2D eigenvalue weighted by Crippen LogP contribution is 2.26. The van der Waals surface area contributed by atoms with E-state index in [2.05, 4.69) is 0 Å². The second-order valence-electron chi connectivity index (χ2n) is 5.51. The van der Waals surface area contributed by atoms with Crippen LogP contribution in [0.4, 0.5) is 0 Å². The number of carbonyl (C=O) groups is 1. The van der Waals surface area contributed by atoms with E-state index >= 15 is 0 Å². The van der Waals surface area contributed by atoms with Gasteiger partial charge in [0.1, 0.15) is 17.6 Å². The van der Waals surface area contributed by atoms with Crippen LogP contribution in [0.3, 0.4) is 0 Å². The van der Waals surface area contributed by atoms with Crippen LogP contribution in [0.5, 0.6) is 0 Å². The lowest BCUT2D eigenvalue weighted by molar-refractivity contribution is -0.142. The van der Waals surface area contributed by atoms with E-state index < -0.39 is 0 Å². The van der Waals surface area contributed by atoms with Crippen molar-refractivity contribution in [1.82, 2.24) is 4.90 Å². The number of hydrogen-bond acceptors (Lipinski definition) is 4. The molecule has 0 N–H and O–H groups in total. The average molecular weight is 295 g/mol. The largest absolute Gasteiger partial charge is 0.464 e. The fraction of sp³-hybridized carbons (Fsp3) is 0.688. The average Bonchev–Trinajstić information content (AvgIpc) is 2.95. The number of aryl methyl sites for hydroxylation is 1. The van der Waals surface area contributed by atoms with Crippen LogP contribution in [0.25, 0.3) is 0 Å². The summed E-state index contributed by atoms with van der Waals surface area (Å²) in [6.07, 6.45) is 1.40. The van der Waals surface area contributed by atoms with Gasteiger partial charge in [0.25, 0.3) is 0 Å². The van der Waals surface area contributed by atoms with Crippen LogP contribution < -0.4 is 0 Å². The minimum atomic E-state index is -0.120. The Hall–Kier alpha value is -1.33. The van der Waals surface area contributed by atoms with E-state index in [0.29, 0.717) is 32.8 Å². The predicted octanol–water partition coefficient (Wildman–Crippen LogP) is 2.56. The normalized spacial score (nSPS) is 19.2. The first kappa shape index (κ1) is 16.0. The summed E-state index contributed by atoms with van der Waals surface area (Å²) in [6.45, 7) is 8.12. The zero-order valence-corrected chi connectivity index (χ0v) is 13.1. The summed E-state index contributed by atoms with van der Waals surface area (Å²) in [4.78, 5) is 14.2. The Labute approximate surface area is 126 Å². The first-order valence-corrected chi connectivity index (χ1v) is 7.69. The topological polar surface area (TPSA) is 51.9 Å². The number of nitrogens with zero attached hydrogens (tertiary/aromatic N) is 1. The summed E-state index contributed by atoms with van der Waals surface area (Å²) in [7, 11) is 0. The molecule has 5 nitrogen and oxygen atoms in total. The van der Waals surface area contributed by atoms with Gasteiger partial charge in [0.05, 0.1) is 32.3 Å². The maximum Gasteiger partial charge on any atom is 0.225 e. The summed E-state index contributed by atoms with van der Waals surface area (Å²) < 4.78 is 16.8. The zero-order chi connectivity index (χ0) is 15.2. The van der Waals surface area contributed by atoms with Crippen molar-refractivity contribution in [1.29, 1.82) is 0 Å². The number of hydrogen-bond donors (Lipinski definition) is 0. The highest BCUT2D eigenvalue weighted by Gasteiger charge is 2.30. The van der Waals surface area contributed by atoms with Gasteiger partial charge in [-0.3, -0.25) is 4.79 Å². The molecule has 2 heterocycles. The number of ether oxygens (including phenoxy) is 2. The molecular weight excluding hydrogens is 270 g/mol. The maximum absolute atomic E-state index is 12.4. The molecule has 21 heavy (non-hydrogen) atoms. The van der Waals surface area contributed by atoms with E-state index in [1.165, 1.54) is 0 Å². The minimum absolute atomic E-state index is 0.0957. The molecule has 1 aromatic rings. The van der Waals surface area contributed by atoms with Gasteiger partial charge in [-0.15, -0.1) is 0 Å². The van der Waals surface area contributed by atoms with Gasteiger partial charge in [-0.1, -0.05) is 6.92 Å². The lowest BCUT2D eigenvalue weighted by Gasteiger charge is -2.34. The molecule has 0 aliphatic carbocycles. The fourth-order valence-electron chi connectivity index (χ4n) is 2.43. The van der Waals surface area contributed by atoms with Crippen molar-refractivity contribution in [2.45, 2.75) is 45.8 Å². The Kier molecular flexibility index (Phi) is 5.82. The third-order valence-electron chi connectivity index (χ3n) is 3.58. The van der Waals surface area contributed by atoms with Crippen LogP contribution in [0.15, 0.2) is 16.5 Å². The molecule has 0 unspecified atom stereocenters. The fourth-order valence-corrected chi connectivity index (χ4v) is 2.43. The van der Waals surface area contributed by atoms with Crippen molar-refractivity contribution in [3.8, 4) is 0 Å². The second-order valence-corrected chi connectivity index (χ2v) is 5.51. The molecule has 0 spiro atoms. The Balaban J connectivity index is 1.99. The summed E-state index contributed by atoms with van der Waals surface area (Å²) in [6, 6.07) is 3.79. The molecule has 1 atom stereocenters. The molecule has 1 fully saturated rings. The van der Waals surface area contributed by atoms with Crippen molar-refractivity contribution in [3.05, 3.63) is 23.7 Å². The molecule has 1 aliphatic heterocycles. The molecule has 1 aromatic heterocycles. The summed E-state index contributed by atoms with van der Waals surface area (Å²) in [5.41, 5.74) is 0. The maximum atomic E-state index is 12.4. The molecular formula is C16H25NO4. The Bertz CT molecular complexity index is 455. The van der Waals surface area contributed by atoms with E-state index in [-0.39, 0.29) is 18.1 Å². The number of rotatable bonds is 6. The van der Waals surface area contributed by atoms with Crippen LogP contribution in [0, 0.1) is 0 Å². The lowest BCUT2D eigenvalue weighted by atomic mass is 10.1. The van der Waals surface area contributed by atoms with E-state index in [1.807, 2.05) is 37.8 Å². The van der Waals surface area contributed by atoms with Gasteiger partial charge in [-0.05, 0) is 26.0 Å². The Morgan fingerprint density at radius 3 is 2.95 bits per heavy atom. The van der Waals surface area contributed by atoms with Gasteiger partial charge in [-0.2, -0.15) is 0 Å². The third kappa shape index (κ3) is 4.32. The Morgan fingerprint density at radius 1 is 1.48 bits per heavy atom. The first-order valence-electron chi connectivity index (χ1n) is 7.69. The third-order valence-corrected chi connectivity index (χ3v) is 3.58. The molecule has 0 aromatic carbocycles. The molecule has 0 bridgehead atoms. The molecule has 2 rings (SSSR count). The van der Waals surface area contributed by atoms with E-state index in [0.717, 1.165) is 17.9 Å². The Morgan fingerprint density at radius 2 is 2.29 bits per heavy atom. The zero-order valence-electron chi connectivity index (χ0n) is 13.1. The van der Waals surface area contributed by atoms with Crippen LogP contribution in [-0.4, -0.2) is 43.3 Å². The lowest BCUT2D eigenvalue weighted by Crippen LogP contribution is -2.43. The van der Waals surface area contributed by atoms with Crippen LogP contribution >= 0.6 is 0 Å². The molecule has 0 radical (unpaired) electrons. The number of amides is 1. The van der Waals surface area contributed by atoms with Gasteiger partial charge < -0.3 is 18.8 Å². The SMILES string of the molecule is CCc1ccc([C@H]2COCCN2C(=O)CCOC(C)C)o1. The van der Waals surface area contributed by atoms with Crippen molar-refractivity contribution >= 4 is 5.91 Å². The number of furan rings is 1. The quantitative estimate of drug-likeness (QED) is 0.809. The molecule has 1 saturated heterocycles. The first-order chi connectivity index (χ1) is 10.1. The predicted molar refractivity (Wildman–Crippen MR) is 79.1 cm³/mol. The van der Waals surface area contributed by atoms with Crippen molar-refractivity contribution in [3.63, 3.8) is 0 Å². The van der Waals surface area contributed by atoms with Crippen LogP contribution in [-0.2, 0) is 20.7 Å². The highest BCUT2D eigenvalue weighted by molar-refractivity contribution is 5.76. The smallest absolute Gasteiger partial charge is 0.225 e. The summed E-state index contributed by atoms with van der Waals surface area (Å²) in [5, 5.41) is 0. The minimum Gasteiger partial charge on any atom is -0.464 e. The monoisotopic (exact) mass is 295 g/mol. The molecule has 0 saturated carbocycles. The molecule has 5 heteroatoms. The second kappa shape index (κ2) is 7.61. The number of carbonyl (C=O) groups excluding carboxylic acids is 1. The highest BCUT2D eigenvalue weighted by atomic mass is 16.5. The summed E-state index contributed by atoms with van der Waals surface area (Å²) >= 11 is 0. The van der Waals surface area contributed by atoms with Gasteiger partial charge in [0, 0.05) is 13.0 Å².